The van der Waals surface area contributed by atoms with Gasteiger partial charge in [0.05, 0.1) is 25.6 Å². The van der Waals surface area contributed by atoms with Crippen molar-refractivity contribution in [3.05, 3.63) is 47.5 Å². The van der Waals surface area contributed by atoms with Crippen LogP contribution in [0, 0.1) is 0 Å². The predicted molar refractivity (Wildman–Crippen MR) is 121 cm³/mol. The van der Waals surface area contributed by atoms with E-state index in [1.807, 2.05) is 0 Å². The summed E-state index contributed by atoms with van der Waals surface area (Å²) in [6.45, 7) is 3.61. The molecule has 0 bridgehead atoms. The molecule has 2 rings (SSSR count). The van der Waals surface area contributed by atoms with Crippen molar-refractivity contribution in [2.75, 3.05) is 26.4 Å². The first-order chi connectivity index (χ1) is 15.9. The number of phenols is 2. The standard InChI is InChI=1S/C22H26N4O7/c1-3-32-19-9-15(5-7-17(19)27)11-23-25-21(29)13-31-14-22(30)26-24-12-16-6-8-18(28)20(10-16)33-4-2/h5-12,27-28H,3-4,13-14H2,1-2H3,(H,25,29)(H,26,30)/b23-11-,24-12+. The summed E-state index contributed by atoms with van der Waals surface area (Å²) >= 11 is 0. The average Bonchev–Trinajstić information content (AvgIpc) is 2.78. The first-order valence-electron chi connectivity index (χ1n) is 10.1. The molecule has 0 aliphatic rings. The molecule has 2 aromatic carbocycles. The molecule has 0 spiro atoms. The number of carbonyl (C=O) groups excluding carboxylic acids is 2. The number of aromatic hydroxyl groups is 2. The average molecular weight is 458 g/mol. The Morgan fingerprint density at radius 2 is 1.24 bits per heavy atom. The number of amides is 2. The Labute approximate surface area is 190 Å². The molecule has 4 N–H and O–H groups in total. The number of hydrogen-bond donors (Lipinski definition) is 4. The molecule has 0 saturated heterocycles. The Bertz CT molecular complexity index is 929. The van der Waals surface area contributed by atoms with Gasteiger partial charge in [-0.05, 0) is 61.4 Å². The van der Waals surface area contributed by atoms with E-state index in [0.29, 0.717) is 35.8 Å². The maximum Gasteiger partial charge on any atom is 0.266 e. The third-order valence-corrected chi connectivity index (χ3v) is 3.84. The molecule has 2 amide bonds. The van der Waals surface area contributed by atoms with Gasteiger partial charge < -0.3 is 24.4 Å². The Morgan fingerprint density at radius 3 is 1.64 bits per heavy atom. The number of hydrogen-bond acceptors (Lipinski definition) is 9. The number of carbonyl (C=O) groups is 2. The molecule has 0 saturated carbocycles. The highest BCUT2D eigenvalue weighted by Gasteiger charge is 2.06. The van der Waals surface area contributed by atoms with Crippen LogP contribution in [-0.2, 0) is 14.3 Å². The summed E-state index contributed by atoms with van der Waals surface area (Å²) in [7, 11) is 0. The Balaban J connectivity index is 1.70. The van der Waals surface area contributed by atoms with Crippen LogP contribution in [0.15, 0.2) is 46.6 Å². The van der Waals surface area contributed by atoms with Gasteiger partial charge in [0.1, 0.15) is 13.2 Å². The van der Waals surface area contributed by atoms with Gasteiger partial charge in [0, 0.05) is 0 Å². The van der Waals surface area contributed by atoms with Crippen LogP contribution in [0.3, 0.4) is 0 Å². The van der Waals surface area contributed by atoms with Crippen LogP contribution in [0.5, 0.6) is 23.0 Å². The maximum absolute atomic E-state index is 11.7. The molecule has 0 aliphatic carbocycles. The highest BCUT2D eigenvalue weighted by atomic mass is 16.5. The summed E-state index contributed by atoms with van der Waals surface area (Å²) in [4.78, 5) is 23.5. The van der Waals surface area contributed by atoms with Crippen molar-refractivity contribution in [2.45, 2.75) is 13.8 Å². The van der Waals surface area contributed by atoms with E-state index in [1.54, 1.807) is 38.1 Å². The number of nitrogens with one attached hydrogen (secondary N) is 2. The van der Waals surface area contributed by atoms with Gasteiger partial charge in [-0.15, -0.1) is 0 Å². The van der Waals surface area contributed by atoms with Crippen molar-refractivity contribution in [1.29, 1.82) is 0 Å². The fourth-order valence-corrected chi connectivity index (χ4v) is 2.42. The molecule has 11 heteroatoms. The van der Waals surface area contributed by atoms with Gasteiger partial charge >= 0.3 is 0 Å². The third kappa shape index (κ3) is 8.87. The van der Waals surface area contributed by atoms with Crippen LogP contribution >= 0.6 is 0 Å². The number of rotatable bonds is 12. The summed E-state index contributed by atoms with van der Waals surface area (Å²) < 4.78 is 15.6. The predicted octanol–water partition coefficient (Wildman–Crippen LogP) is 1.51. The Morgan fingerprint density at radius 1 is 0.818 bits per heavy atom. The van der Waals surface area contributed by atoms with Crippen LogP contribution < -0.4 is 20.3 Å². The lowest BCUT2D eigenvalue weighted by atomic mass is 10.2. The number of phenolic OH excluding ortho intramolecular Hbond substituents is 2. The number of ether oxygens (including phenoxy) is 3. The molecule has 176 valence electrons. The third-order valence-electron chi connectivity index (χ3n) is 3.84. The monoisotopic (exact) mass is 458 g/mol. The van der Waals surface area contributed by atoms with Gasteiger partial charge in [0.15, 0.2) is 23.0 Å². The van der Waals surface area contributed by atoms with Gasteiger partial charge in [0.25, 0.3) is 11.8 Å². The first kappa shape index (κ1) is 25.1. The van der Waals surface area contributed by atoms with Crippen LogP contribution in [0.2, 0.25) is 0 Å². The molecular weight excluding hydrogens is 432 g/mol. The highest BCUT2D eigenvalue weighted by Crippen LogP contribution is 2.26. The normalized spacial score (nSPS) is 11.0. The van der Waals surface area contributed by atoms with E-state index >= 15 is 0 Å². The molecule has 0 fully saturated rings. The van der Waals surface area contributed by atoms with Crippen molar-refractivity contribution >= 4 is 24.2 Å². The SMILES string of the molecule is CCOc1cc(/C=N\NC(=O)COCC(=O)N/N=C/c2ccc(O)c(OCC)c2)ccc1O. The van der Waals surface area contributed by atoms with Crippen molar-refractivity contribution < 1.29 is 34.0 Å². The van der Waals surface area contributed by atoms with E-state index in [1.165, 1.54) is 24.6 Å². The van der Waals surface area contributed by atoms with E-state index in [0.717, 1.165) is 0 Å². The van der Waals surface area contributed by atoms with Crippen LogP contribution in [0.25, 0.3) is 0 Å². The summed E-state index contributed by atoms with van der Waals surface area (Å²) in [6, 6.07) is 9.27. The molecule has 0 radical (unpaired) electrons. The van der Waals surface area contributed by atoms with Crippen LogP contribution in [-0.4, -0.2) is 60.9 Å². The molecule has 0 atom stereocenters. The van der Waals surface area contributed by atoms with E-state index < -0.39 is 11.8 Å². The Kier molecular flexibility index (Phi) is 10.2. The van der Waals surface area contributed by atoms with Gasteiger partial charge in [-0.1, -0.05) is 0 Å². The number of hydrazone groups is 2. The zero-order chi connectivity index (χ0) is 24.1. The van der Waals surface area contributed by atoms with E-state index in [2.05, 4.69) is 21.1 Å². The lowest BCUT2D eigenvalue weighted by Crippen LogP contribution is -2.28. The Hall–Kier alpha value is -4.12. The molecule has 33 heavy (non-hydrogen) atoms. The lowest BCUT2D eigenvalue weighted by molar-refractivity contribution is -0.130. The number of benzene rings is 2. The van der Waals surface area contributed by atoms with Gasteiger partial charge in [-0.25, -0.2) is 10.9 Å². The zero-order valence-corrected chi connectivity index (χ0v) is 18.3. The van der Waals surface area contributed by atoms with E-state index in [9.17, 15) is 19.8 Å². The molecule has 0 aromatic heterocycles. The summed E-state index contributed by atoms with van der Waals surface area (Å²) in [5.74, 6) is -0.479. The minimum Gasteiger partial charge on any atom is -0.504 e. The summed E-state index contributed by atoms with van der Waals surface area (Å²) in [5.41, 5.74) is 5.74. The molecule has 0 heterocycles. The molecule has 0 aliphatic heterocycles. The molecule has 11 nitrogen and oxygen atoms in total. The number of nitrogens with zero attached hydrogens (tertiary/aromatic N) is 2. The van der Waals surface area contributed by atoms with Crippen molar-refractivity contribution in [3.8, 4) is 23.0 Å². The zero-order valence-electron chi connectivity index (χ0n) is 18.3. The second-order valence-electron chi connectivity index (χ2n) is 6.40. The van der Waals surface area contributed by atoms with Crippen molar-refractivity contribution in [1.82, 2.24) is 10.9 Å². The van der Waals surface area contributed by atoms with Crippen LogP contribution in [0.4, 0.5) is 0 Å². The van der Waals surface area contributed by atoms with Crippen LogP contribution in [0.1, 0.15) is 25.0 Å². The molecular formula is C22H26N4O7. The highest BCUT2D eigenvalue weighted by molar-refractivity contribution is 5.85. The minimum absolute atomic E-state index is 0.00683. The van der Waals surface area contributed by atoms with Crippen molar-refractivity contribution in [2.24, 2.45) is 10.2 Å². The van der Waals surface area contributed by atoms with Gasteiger partial charge in [-0.2, -0.15) is 10.2 Å². The fraction of sp³-hybridized carbons (Fsp3) is 0.273. The van der Waals surface area contributed by atoms with E-state index in [4.69, 9.17) is 14.2 Å². The minimum atomic E-state index is -0.557. The topological polar surface area (TPSA) is 151 Å². The lowest BCUT2D eigenvalue weighted by Gasteiger charge is -2.06. The molecule has 0 unspecified atom stereocenters. The maximum atomic E-state index is 11.7. The summed E-state index contributed by atoms with van der Waals surface area (Å²) in [6.07, 6.45) is 2.75. The summed E-state index contributed by atoms with van der Waals surface area (Å²) in [5, 5.41) is 26.9. The quantitative estimate of drug-likeness (QED) is 0.278. The second-order valence-corrected chi connectivity index (χ2v) is 6.40. The van der Waals surface area contributed by atoms with Crippen molar-refractivity contribution in [3.63, 3.8) is 0 Å². The van der Waals surface area contributed by atoms with Gasteiger partial charge in [-0.3, -0.25) is 9.59 Å². The first-order valence-corrected chi connectivity index (χ1v) is 10.1. The van der Waals surface area contributed by atoms with Gasteiger partial charge in [0.2, 0.25) is 0 Å². The largest absolute Gasteiger partial charge is 0.504 e. The smallest absolute Gasteiger partial charge is 0.266 e. The molecule has 2 aromatic rings. The van der Waals surface area contributed by atoms with E-state index in [-0.39, 0.29) is 24.7 Å². The second kappa shape index (κ2) is 13.3. The fourth-order valence-electron chi connectivity index (χ4n) is 2.42.